The van der Waals surface area contributed by atoms with E-state index < -0.39 is 0 Å². The average Bonchev–Trinajstić information content (AvgIpc) is 2.44. The molecular formula is C17H18N2O2. The predicted octanol–water partition coefficient (Wildman–Crippen LogP) is 4.47. The Bertz CT molecular complexity index is 636. The van der Waals surface area contributed by atoms with E-state index in [9.17, 15) is 10.1 Å². The molecule has 2 aromatic rings. The van der Waals surface area contributed by atoms with E-state index in [2.05, 4.69) is 5.32 Å². The number of nitrogens with one attached hydrogen (secondary N) is 1. The van der Waals surface area contributed by atoms with Crippen molar-refractivity contribution in [2.24, 2.45) is 0 Å². The lowest BCUT2D eigenvalue weighted by molar-refractivity contribution is -0.384. The number of rotatable bonds is 5. The number of anilines is 1. The van der Waals surface area contributed by atoms with Gasteiger partial charge in [-0.3, -0.25) is 10.1 Å². The first-order chi connectivity index (χ1) is 10.2. The van der Waals surface area contributed by atoms with Crippen LogP contribution in [0.3, 0.4) is 0 Å². The molecule has 1 saturated carbocycles. The van der Waals surface area contributed by atoms with Crippen molar-refractivity contribution in [3.05, 3.63) is 69.8 Å². The fourth-order valence-electron chi connectivity index (χ4n) is 2.64. The zero-order valence-electron chi connectivity index (χ0n) is 11.8. The molecule has 0 amide bonds. The molecule has 4 nitrogen and oxygen atoms in total. The average molecular weight is 282 g/mol. The molecule has 4 heteroatoms. The maximum Gasteiger partial charge on any atom is 0.292 e. The highest BCUT2D eigenvalue weighted by atomic mass is 16.6. The largest absolute Gasteiger partial charge is 0.375 e. The lowest BCUT2D eigenvalue weighted by atomic mass is 9.80. The smallest absolute Gasteiger partial charge is 0.292 e. The minimum Gasteiger partial charge on any atom is -0.375 e. The van der Waals surface area contributed by atoms with E-state index >= 15 is 0 Å². The fraction of sp³-hybridized carbons (Fsp3) is 0.294. The van der Waals surface area contributed by atoms with Crippen LogP contribution in [0.2, 0.25) is 0 Å². The summed E-state index contributed by atoms with van der Waals surface area (Å²) in [6, 6.07) is 15.4. The molecule has 21 heavy (non-hydrogen) atoms. The van der Waals surface area contributed by atoms with Crippen LogP contribution in [0, 0.1) is 10.1 Å². The van der Waals surface area contributed by atoms with Gasteiger partial charge in [0.05, 0.1) is 4.92 Å². The van der Waals surface area contributed by atoms with Gasteiger partial charge in [0.15, 0.2) is 0 Å². The molecule has 0 atom stereocenters. The molecule has 0 aromatic heterocycles. The highest BCUT2D eigenvalue weighted by molar-refractivity contribution is 5.63. The molecule has 1 aliphatic carbocycles. The van der Waals surface area contributed by atoms with E-state index in [1.807, 2.05) is 42.5 Å². The van der Waals surface area contributed by atoms with Crippen LogP contribution in [-0.4, -0.2) is 4.92 Å². The van der Waals surface area contributed by atoms with E-state index in [0.29, 0.717) is 18.2 Å². The highest BCUT2D eigenvalue weighted by Gasteiger charge is 2.22. The second-order valence-corrected chi connectivity index (χ2v) is 5.50. The van der Waals surface area contributed by atoms with Crippen LogP contribution in [-0.2, 0) is 6.54 Å². The van der Waals surface area contributed by atoms with Crippen LogP contribution in [0.4, 0.5) is 11.4 Å². The molecule has 1 N–H and O–H groups in total. The normalized spacial score (nSPS) is 14.5. The van der Waals surface area contributed by atoms with Crippen molar-refractivity contribution in [3.8, 4) is 0 Å². The van der Waals surface area contributed by atoms with Crippen molar-refractivity contribution in [2.45, 2.75) is 31.7 Å². The topological polar surface area (TPSA) is 55.2 Å². The van der Waals surface area contributed by atoms with E-state index in [0.717, 1.165) is 5.56 Å². The SMILES string of the molecule is O=[N+]([O-])c1ccc(C2CCC2)cc1NCc1ccccc1. The molecule has 1 fully saturated rings. The molecule has 0 unspecified atom stereocenters. The third kappa shape index (κ3) is 3.05. The zero-order chi connectivity index (χ0) is 14.7. The minimum atomic E-state index is -0.322. The van der Waals surface area contributed by atoms with Gasteiger partial charge in [-0.15, -0.1) is 0 Å². The van der Waals surface area contributed by atoms with Crippen molar-refractivity contribution in [2.75, 3.05) is 5.32 Å². The predicted molar refractivity (Wildman–Crippen MR) is 83.5 cm³/mol. The number of benzene rings is 2. The van der Waals surface area contributed by atoms with Crippen LogP contribution >= 0.6 is 0 Å². The van der Waals surface area contributed by atoms with Crippen LogP contribution in [0.1, 0.15) is 36.3 Å². The van der Waals surface area contributed by atoms with Gasteiger partial charge in [-0.1, -0.05) is 42.8 Å². The Morgan fingerprint density at radius 3 is 2.52 bits per heavy atom. The van der Waals surface area contributed by atoms with E-state index in [-0.39, 0.29) is 10.6 Å². The van der Waals surface area contributed by atoms with Crippen molar-refractivity contribution in [1.82, 2.24) is 0 Å². The van der Waals surface area contributed by atoms with Gasteiger partial charge < -0.3 is 5.32 Å². The summed E-state index contributed by atoms with van der Waals surface area (Å²) in [6.07, 6.45) is 3.64. The van der Waals surface area contributed by atoms with Crippen molar-refractivity contribution >= 4 is 11.4 Å². The summed E-state index contributed by atoms with van der Waals surface area (Å²) >= 11 is 0. The summed E-state index contributed by atoms with van der Waals surface area (Å²) in [4.78, 5) is 10.8. The number of hydrogen-bond acceptors (Lipinski definition) is 3. The number of hydrogen-bond donors (Lipinski definition) is 1. The Labute approximate surface area is 124 Å². The Hall–Kier alpha value is -2.36. The van der Waals surface area contributed by atoms with Gasteiger partial charge in [0, 0.05) is 12.6 Å². The molecule has 0 saturated heterocycles. The second kappa shape index (κ2) is 5.95. The first kappa shape index (κ1) is 13.6. The van der Waals surface area contributed by atoms with Crippen LogP contribution < -0.4 is 5.32 Å². The zero-order valence-corrected chi connectivity index (χ0v) is 11.8. The highest BCUT2D eigenvalue weighted by Crippen LogP contribution is 2.39. The third-order valence-corrected chi connectivity index (χ3v) is 4.12. The lowest BCUT2D eigenvalue weighted by Gasteiger charge is -2.26. The molecule has 0 aliphatic heterocycles. The maximum absolute atomic E-state index is 11.2. The number of nitro benzene ring substituents is 1. The first-order valence-electron chi connectivity index (χ1n) is 7.30. The standard InChI is InChI=1S/C17H18N2O2/c20-19(21)17-10-9-15(14-7-4-8-14)11-16(17)18-12-13-5-2-1-3-6-13/h1-3,5-6,9-11,14,18H,4,7-8,12H2. The van der Waals surface area contributed by atoms with Gasteiger partial charge in [0.25, 0.3) is 5.69 Å². The quantitative estimate of drug-likeness (QED) is 0.650. The molecule has 0 heterocycles. The fourth-order valence-corrected chi connectivity index (χ4v) is 2.64. The Morgan fingerprint density at radius 2 is 1.90 bits per heavy atom. The van der Waals surface area contributed by atoms with E-state index in [4.69, 9.17) is 0 Å². The summed E-state index contributed by atoms with van der Waals surface area (Å²) in [6.45, 7) is 0.593. The van der Waals surface area contributed by atoms with Gasteiger partial charge in [0.1, 0.15) is 5.69 Å². The summed E-state index contributed by atoms with van der Waals surface area (Å²) in [5, 5.41) is 14.4. The number of nitro groups is 1. The van der Waals surface area contributed by atoms with Gasteiger partial charge in [0.2, 0.25) is 0 Å². The van der Waals surface area contributed by atoms with Gasteiger partial charge >= 0.3 is 0 Å². The summed E-state index contributed by atoms with van der Waals surface area (Å²) < 4.78 is 0. The molecule has 2 aromatic carbocycles. The van der Waals surface area contributed by atoms with Crippen molar-refractivity contribution in [1.29, 1.82) is 0 Å². The molecule has 0 spiro atoms. The molecule has 108 valence electrons. The molecule has 3 rings (SSSR count). The van der Waals surface area contributed by atoms with Crippen LogP contribution in [0.25, 0.3) is 0 Å². The Kier molecular flexibility index (Phi) is 3.86. The van der Waals surface area contributed by atoms with Gasteiger partial charge in [-0.05, 0) is 36.0 Å². The van der Waals surface area contributed by atoms with E-state index in [1.165, 1.54) is 24.8 Å². The number of nitrogens with zero attached hydrogens (tertiary/aromatic N) is 1. The molecule has 0 bridgehead atoms. The minimum absolute atomic E-state index is 0.147. The first-order valence-corrected chi connectivity index (χ1v) is 7.30. The summed E-state index contributed by atoms with van der Waals surface area (Å²) in [5.74, 6) is 0.572. The monoisotopic (exact) mass is 282 g/mol. The second-order valence-electron chi connectivity index (χ2n) is 5.50. The third-order valence-electron chi connectivity index (χ3n) is 4.12. The van der Waals surface area contributed by atoms with Gasteiger partial charge in [-0.25, -0.2) is 0 Å². The Balaban J connectivity index is 1.81. The summed E-state index contributed by atoms with van der Waals surface area (Å²) in [7, 11) is 0. The molecule has 0 radical (unpaired) electrons. The van der Waals surface area contributed by atoms with Gasteiger partial charge in [-0.2, -0.15) is 0 Å². The van der Waals surface area contributed by atoms with Crippen LogP contribution in [0.5, 0.6) is 0 Å². The summed E-state index contributed by atoms with van der Waals surface area (Å²) in [5.41, 5.74) is 3.09. The maximum atomic E-state index is 11.2. The molecular weight excluding hydrogens is 264 g/mol. The Morgan fingerprint density at radius 1 is 1.14 bits per heavy atom. The lowest BCUT2D eigenvalue weighted by Crippen LogP contribution is -2.10. The van der Waals surface area contributed by atoms with E-state index in [1.54, 1.807) is 6.07 Å². The molecule has 1 aliphatic rings. The van der Waals surface area contributed by atoms with Crippen molar-refractivity contribution in [3.63, 3.8) is 0 Å². The van der Waals surface area contributed by atoms with Crippen molar-refractivity contribution < 1.29 is 4.92 Å². The van der Waals surface area contributed by atoms with Crippen LogP contribution in [0.15, 0.2) is 48.5 Å².